The molecule has 0 aromatic heterocycles. The first-order valence-corrected chi connectivity index (χ1v) is 6.47. The highest BCUT2D eigenvalue weighted by atomic mass is 19.1. The van der Waals surface area contributed by atoms with Crippen molar-refractivity contribution in [3.63, 3.8) is 0 Å². The zero-order valence-corrected chi connectivity index (χ0v) is 11.6. The molecule has 1 saturated heterocycles. The fourth-order valence-electron chi connectivity index (χ4n) is 2.32. The first-order chi connectivity index (χ1) is 9.95. The second kappa shape index (κ2) is 5.87. The van der Waals surface area contributed by atoms with Crippen LogP contribution in [-0.2, 0) is 9.59 Å². The van der Waals surface area contributed by atoms with Crippen LogP contribution in [-0.4, -0.2) is 29.2 Å². The van der Waals surface area contributed by atoms with Crippen LogP contribution in [0.1, 0.15) is 28.8 Å². The van der Waals surface area contributed by atoms with Gasteiger partial charge in [0.25, 0.3) is 5.91 Å². The lowest BCUT2D eigenvalue weighted by Gasteiger charge is -2.32. The molecule has 0 spiro atoms. The van der Waals surface area contributed by atoms with Crippen LogP contribution in [0.2, 0.25) is 0 Å². The minimum Gasteiger partial charge on any atom is -0.328 e. The number of carbonyl (C=O) groups is 3. The van der Waals surface area contributed by atoms with Gasteiger partial charge in [-0.2, -0.15) is 0 Å². The van der Waals surface area contributed by atoms with E-state index in [2.05, 4.69) is 11.9 Å². The molecule has 110 valence electrons. The second-order valence-electron chi connectivity index (χ2n) is 4.86. The number of piperidine rings is 1. The Labute approximate surface area is 121 Å². The number of halogens is 1. The summed E-state index contributed by atoms with van der Waals surface area (Å²) in [6, 6.07) is 3.50. The molecule has 5 nitrogen and oxygen atoms in total. The molecule has 1 aromatic rings. The predicted octanol–water partition coefficient (Wildman–Crippen LogP) is 1.53. The molecule has 1 unspecified atom stereocenters. The monoisotopic (exact) mass is 290 g/mol. The van der Waals surface area contributed by atoms with Gasteiger partial charge in [0.15, 0.2) is 0 Å². The maximum atomic E-state index is 13.5. The van der Waals surface area contributed by atoms with Crippen LogP contribution in [0.15, 0.2) is 30.5 Å². The van der Waals surface area contributed by atoms with Crippen molar-refractivity contribution in [2.45, 2.75) is 25.8 Å². The van der Waals surface area contributed by atoms with Crippen LogP contribution in [0.5, 0.6) is 0 Å². The Hall–Kier alpha value is -2.50. The zero-order valence-electron chi connectivity index (χ0n) is 11.6. The summed E-state index contributed by atoms with van der Waals surface area (Å²) < 4.78 is 13.5. The molecule has 6 heteroatoms. The van der Waals surface area contributed by atoms with Crippen molar-refractivity contribution in [2.24, 2.45) is 0 Å². The third-order valence-electron chi connectivity index (χ3n) is 3.53. The van der Waals surface area contributed by atoms with Gasteiger partial charge >= 0.3 is 0 Å². The van der Waals surface area contributed by atoms with E-state index in [-0.39, 0.29) is 23.5 Å². The Bertz CT molecular complexity index is 627. The Morgan fingerprint density at radius 2 is 2.24 bits per heavy atom. The molecule has 3 amide bonds. The number of amides is 3. The Kier molecular flexibility index (Phi) is 4.16. The molecule has 1 aliphatic rings. The minimum absolute atomic E-state index is 0.117. The van der Waals surface area contributed by atoms with Gasteiger partial charge in [0.1, 0.15) is 5.82 Å². The van der Waals surface area contributed by atoms with Gasteiger partial charge in [-0.25, -0.2) is 4.39 Å². The van der Waals surface area contributed by atoms with Gasteiger partial charge in [0.05, 0.1) is 6.04 Å². The van der Waals surface area contributed by atoms with Gasteiger partial charge in [-0.1, -0.05) is 12.6 Å². The van der Waals surface area contributed by atoms with Crippen LogP contribution >= 0.6 is 0 Å². The lowest BCUT2D eigenvalue weighted by molar-refractivity contribution is -0.124. The number of rotatable bonds is 3. The summed E-state index contributed by atoms with van der Waals surface area (Å²) >= 11 is 0. The van der Waals surface area contributed by atoms with E-state index >= 15 is 0 Å². The smallest absolute Gasteiger partial charge is 0.261 e. The molecule has 0 bridgehead atoms. The standard InChI is InChI=1S/C15H15FN2O3/c1-9-11(4-3-5-12(9)16)15(21)18(8-19)13-6-7-14(20)17-10(13)2/h3-5,8,13H,2,6-7H2,1H3,(H,17,20). The number of hydrogen-bond donors (Lipinski definition) is 1. The Morgan fingerprint density at radius 1 is 1.52 bits per heavy atom. The average Bonchev–Trinajstić information content (AvgIpc) is 2.44. The number of carbonyl (C=O) groups excluding carboxylic acids is 3. The molecule has 0 radical (unpaired) electrons. The summed E-state index contributed by atoms with van der Waals surface area (Å²) in [4.78, 5) is 36.0. The van der Waals surface area contributed by atoms with E-state index in [0.29, 0.717) is 18.5 Å². The van der Waals surface area contributed by atoms with E-state index in [1.54, 1.807) is 0 Å². The number of nitrogens with one attached hydrogen (secondary N) is 1. The number of imide groups is 1. The fourth-order valence-corrected chi connectivity index (χ4v) is 2.32. The van der Waals surface area contributed by atoms with Crippen LogP contribution in [0.25, 0.3) is 0 Å². The predicted molar refractivity (Wildman–Crippen MR) is 73.7 cm³/mol. The van der Waals surface area contributed by atoms with E-state index in [4.69, 9.17) is 0 Å². The van der Waals surface area contributed by atoms with E-state index in [0.717, 1.165) is 4.90 Å². The van der Waals surface area contributed by atoms with Gasteiger partial charge < -0.3 is 5.32 Å². The average molecular weight is 290 g/mol. The second-order valence-corrected chi connectivity index (χ2v) is 4.86. The highest BCUT2D eigenvalue weighted by Crippen LogP contribution is 2.21. The summed E-state index contributed by atoms with van der Waals surface area (Å²) in [5.41, 5.74) is 0.590. The van der Waals surface area contributed by atoms with Crippen LogP contribution < -0.4 is 5.32 Å². The van der Waals surface area contributed by atoms with E-state index in [9.17, 15) is 18.8 Å². The maximum Gasteiger partial charge on any atom is 0.261 e. The van der Waals surface area contributed by atoms with E-state index in [1.807, 2.05) is 0 Å². The molecule has 1 fully saturated rings. The summed E-state index contributed by atoms with van der Waals surface area (Å²) in [5, 5.41) is 2.52. The first-order valence-electron chi connectivity index (χ1n) is 6.47. The molecular formula is C15H15FN2O3. The van der Waals surface area contributed by atoms with Gasteiger partial charge in [-0.05, 0) is 31.0 Å². The largest absolute Gasteiger partial charge is 0.328 e. The van der Waals surface area contributed by atoms with Crippen LogP contribution in [0.4, 0.5) is 4.39 Å². The molecular weight excluding hydrogens is 275 g/mol. The Balaban J connectivity index is 2.31. The molecule has 1 aromatic carbocycles. The molecule has 1 N–H and O–H groups in total. The summed E-state index contributed by atoms with van der Waals surface area (Å²) in [5.74, 6) is -1.32. The van der Waals surface area contributed by atoms with Crippen molar-refractivity contribution in [1.82, 2.24) is 10.2 Å². The molecule has 1 atom stereocenters. The number of benzene rings is 1. The van der Waals surface area contributed by atoms with Crippen molar-refractivity contribution in [2.75, 3.05) is 0 Å². The highest BCUT2D eigenvalue weighted by molar-refractivity contribution is 6.01. The summed E-state index contributed by atoms with van der Waals surface area (Å²) in [7, 11) is 0. The fraction of sp³-hybridized carbons (Fsp3) is 0.267. The van der Waals surface area contributed by atoms with Crippen LogP contribution in [0, 0.1) is 12.7 Å². The third-order valence-corrected chi connectivity index (χ3v) is 3.53. The highest BCUT2D eigenvalue weighted by Gasteiger charge is 2.31. The van der Waals surface area contributed by atoms with Crippen molar-refractivity contribution < 1.29 is 18.8 Å². The number of hydrogen-bond acceptors (Lipinski definition) is 3. The van der Waals surface area contributed by atoms with Gasteiger partial charge in [-0.15, -0.1) is 0 Å². The Morgan fingerprint density at radius 3 is 2.86 bits per heavy atom. The van der Waals surface area contributed by atoms with Crippen molar-refractivity contribution >= 4 is 18.2 Å². The third kappa shape index (κ3) is 2.84. The topological polar surface area (TPSA) is 66.5 Å². The van der Waals surface area contributed by atoms with Crippen molar-refractivity contribution in [3.8, 4) is 0 Å². The zero-order chi connectivity index (χ0) is 15.6. The van der Waals surface area contributed by atoms with E-state index in [1.165, 1.54) is 25.1 Å². The maximum absolute atomic E-state index is 13.5. The lowest BCUT2D eigenvalue weighted by atomic mass is 10.0. The molecule has 1 heterocycles. The van der Waals surface area contributed by atoms with Crippen LogP contribution in [0.3, 0.4) is 0 Å². The number of nitrogens with zero attached hydrogens (tertiary/aromatic N) is 1. The normalized spacial score (nSPS) is 18.1. The van der Waals surface area contributed by atoms with Crippen molar-refractivity contribution in [3.05, 3.63) is 47.4 Å². The quantitative estimate of drug-likeness (QED) is 0.858. The molecule has 0 aliphatic carbocycles. The van der Waals surface area contributed by atoms with Gasteiger partial charge in [0, 0.05) is 17.7 Å². The minimum atomic E-state index is -0.615. The first kappa shape index (κ1) is 14.9. The van der Waals surface area contributed by atoms with Gasteiger partial charge in [-0.3, -0.25) is 19.3 Å². The summed E-state index contributed by atoms with van der Waals surface area (Å²) in [6.45, 7) is 5.15. The van der Waals surface area contributed by atoms with Gasteiger partial charge in [0.2, 0.25) is 12.3 Å². The molecule has 2 rings (SSSR count). The van der Waals surface area contributed by atoms with E-state index < -0.39 is 17.8 Å². The molecule has 21 heavy (non-hydrogen) atoms. The molecule has 0 saturated carbocycles. The molecule has 1 aliphatic heterocycles. The lowest BCUT2D eigenvalue weighted by Crippen LogP contribution is -2.48. The summed E-state index contributed by atoms with van der Waals surface area (Å²) in [6.07, 6.45) is 0.896. The SMILES string of the molecule is C=C1NC(=O)CCC1N(C=O)C(=O)c1cccc(F)c1C. The van der Waals surface area contributed by atoms with Crippen molar-refractivity contribution in [1.29, 1.82) is 0 Å².